The highest BCUT2D eigenvalue weighted by molar-refractivity contribution is 6.08. The summed E-state index contributed by atoms with van der Waals surface area (Å²) >= 11 is 0. The van der Waals surface area contributed by atoms with E-state index in [1.165, 1.54) is 6.08 Å². The number of carbonyl (C=O) groups is 1. The first-order valence-corrected chi connectivity index (χ1v) is 10.5. The van der Waals surface area contributed by atoms with Crippen molar-refractivity contribution in [2.45, 2.75) is 32.8 Å². The fraction of sp³-hybridized carbons (Fsp3) is 0.185. The Balaban J connectivity index is 1.75. The molecule has 0 atom stereocenters. The summed E-state index contributed by atoms with van der Waals surface area (Å²) in [4.78, 5) is 11.2. The van der Waals surface area contributed by atoms with Crippen LogP contribution in [-0.4, -0.2) is 22.0 Å². The number of rotatable bonds is 10. The zero-order valence-electron chi connectivity index (χ0n) is 18.1. The number of aromatic carboxylic acids is 1. The Kier molecular flexibility index (Phi) is 7.81. The van der Waals surface area contributed by atoms with Gasteiger partial charge in [0.2, 0.25) is 0 Å². The maximum Gasteiger partial charge on any atom is 0.335 e. The first-order chi connectivity index (χ1) is 15.5. The summed E-state index contributed by atoms with van der Waals surface area (Å²) in [6.45, 7) is 5.98. The Hall–Kier alpha value is -3.86. The van der Waals surface area contributed by atoms with Crippen molar-refractivity contribution in [3.05, 3.63) is 113 Å². The van der Waals surface area contributed by atoms with Crippen molar-refractivity contribution >= 4 is 11.7 Å². The molecule has 3 rings (SSSR count). The van der Waals surface area contributed by atoms with E-state index in [4.69, 9.17) is 4.74 Å². The third-order valence-electron chi connectivity index (χ3n) is 5.33. The van der Waals surface area contributed by atoms with Crippen molar-refractivity contribution in [2.24, 2.45) is 5.16 Å². The lowest BCUT2D eigenvalue weighted by atomic mass is 9.98. The molecule has 0 aliphatic carbocycles. The van der Waals surface area contributed by atoms with Crippen molar-refractivity contribution in [2.75, 3.05) is 0 Å². The molecule has 0 saturated heterocycles. The predicted molar refractivity (Wildman–Crippen MR) is 126 cm³/mol. The van der Waals surface area contributed by atoms with E-state index in [0.29, 0.717) is 17.9 Å². The summed E-state index contributed by atoms with van der Waals surface area (Å²) in [5.41, 5.74) is 5.46. The molecule has 0 heterocycles. The lowest BCUT2D eigenvalue weighted by Gasteiger charge is -2.14. The molecule has 0 aliphatic rings. The van der Waals surface area contributed by atoms with Crippen LogP contribution in [0.1, 0.15) is 44.6 Å². The Morgan fingerprint density at radius 3 is 2.47 bits per heavy atom. The van der Waals surface area contributed by atoms with Crippen LogP contribution < -0.4 is 4.74 Å². The van der Waals surface area contributed by atoms with Crippen molar-refractivity contribution in [3.63, 3.8) is 0 Å². The molecule has 0 aromatic heterocycles. The Morgan fingerprint density at radius 2 is 1.81 bits per heavy atom. The van der Waals surface area contributed by atoms with Gasteiger partial charge in [0.25, 0.3) is 0 Å². The summed E-state index contributed by atoms with van der Waals surface area (Å²) in [5, 5.41) is 21.8. The van der Waals surface area contributed by atoms with Gasteiger partial charge < -0.3 is 15.1 Å². The minimum atomic E-state index is -0.908. The fourth-order valence-corrected chi connectivity index (χ4v) is 3.63. The van der Waals surface area contributed by atoms with Crippen molar-refractivity contribution in [1.82, 2.24) is 0 Å². The van der Waals surface area contributed by atoms with E-state index in [2.05, 4.69) is 11.7 Å². The van der Waals surface area contributed by atoms with Gasteiger partial charge in [-0.15, -0.1) is 0 Å². The monoisotopic (exact) mass is 429 g/mol. The molecule has 0 fully saturated rings. The molecule has 5 nitrogen and oxygen atoms in total. The molecule has 0 spiro atoms. The van der Waals surface area contributed by atoms with Crippen LogP contribution in [0.5, 0.6) is 5.75 Å². The average Bonchev–Trinajstić information content (AvgIpc) is 2.80. The standard InChI is InChI=1S/C27H27NO4/c1-3-25(28-31)22-13-15-26(32-18-21-8-5-4-6-9-21)23(17-22)11-7-10-20-12-14-24(27(29)30)19(2)16-20/h3-6,8-9,12-17,31H,1,7,10-11,18H2,2H3,(H,29,30)/b28-25-. The lowest BCUT2D eigenvalue weighted by molar-refractivity contribution is 0.0696. The maximum atomic E-state index is 11.2. The Labute approximate surface area is 188 Å². The summed E-state index contributed by atoms with van der Waals surface area (Å²) in [6, 6.07) is 21.2. The quantitative estimate of drug-likeness (QED) is 0.242. The second kappa shape index (κ2) is 11.0. The number of hydrogen-bond acceptors (Lipinski definition) is 4. The van der Waals surface area contributed by atoms with E-state index >= 15 is 0 Å². The van der Waals surface area contributed by atoms with Gasteiger partial charge in [0.1, 0.15) is 18.1 Å². The third-order valence-corrected chi connectivity index (χ3v) is 5.33. The number of carboxylic acid groups (broad SMARTS) is 1. The topological polar surface area (TPSA) is 79.1 Å². The smallest absolute Gasteiger partial charge is 0.335 e. The number of allylic oxidation sites excluding steroid dienone is 1. The molecule has 3 aromatic rings. The van der Waals surface area contributed by atoms with Gasteiger partial charge in [0, 0.05) is 5.56 Å². The van der Waals surface area contributed by atoms with Crippen LogP contribution in [0.4, 0.5) is 0 Å². The summed E-state index contributed by atoms with van der Waals surface area (Å²) in [7, 11) is 0. The molecule has 5 heteroatoms. The van der Waals surface area contributed by atoms with E-state index < -0.39 is 5.97 Å². The summed E-state index contributed by atoms with van der Waals surface area (Å²) < 4.78 is 6.10. The van der Waals surface area contributed by atoms with Gasteiger partial charge in [-0.3, -0.25) is 0 Å². The fourth-order valence-electron chi connectivity index (χ4n) is 3.63. The van der Waals surface area contributed by atoms with E-state index in [0.717, 1.165) is 52.8 Å². The van der Waals surface area contributed by atoms with Crippen LogP contribution in [0.15, 0.2) is 84.5 Å². The molecule has 0 unspecified atom stereocenters. The molecular formula is C27H27NO4. The first-order valence-electron chi connectivity index (χ1n) is 10.5. The predicted octanol–water partition coefficient (Wildman–Crippen LogP) is 5.81. The molecule has 3 aromatic carbocycles. The number of nitrogens with zero attached hydrogens (tertiary/aromatic N) is 1. The van der Waals surface area contributed by atoms with Crippen LogP contribution >= 0.6 is 0 Å². The summed E-state index contributed by atoms with van der Waals surface area (Å²) in [5.74, 6) is -0.119. The number of benzene rings is 3. The molecule has 0 aliphatic heterocycles. The molecular weight excluding hydrogens is 402 g/mol. The van der Waals surface area contributed by atoms with E-state index in [1.54, 1.807) is 6.07 Å². The lowest BCUT2D eigenvalue weighted by Crippen LogP contribution is -2.03. The van der Waals surface area contributed by atoms with Crippen molar-refractivity contribution in [1.29, 1.82) is 0 Å². The maximum absolute atomic E-state index is 11.2. The van der Waals surface area contributed by atoms with Crippen LogP contribution in [0.2, 0.25) is 0 Å². The first kappa shape index (κ1) is 22.8. The van der Waals surface area contributed by atoms with E-state index in [-0.39, 0.29) is 0 Å². The SMILES string of the molecule is C=C/C(=N/O)c1ccc(OCc2ccccc2)c(CCCc2ccc(C(=O)O)c(C)c2)c1. The number of oxime groups is 1. The number of hydrogen-bond donors (Lipinski definition) is 2. The molecule has 0 saturated carbocycles. The highest BCUT2D eigenvalue weighted by atomic mass is 16.5. The zero-order valence-corrected chi connectivity index (χ0v) is 18.1. The Morgan fingerprint density at radius 1 is 1.03 bits per heavy atom. The molecule has 0 bridgehead atoms. The van der Waals surface area contributed by atoms with Crippen molar-refractivity contribution < 1.29 is 19.8 Å². The summed E-state index contributed by atoms with van der Waals surface area (Å²) in [6.07, 6.45) is 3.94. The number of ether oxygens (including phenoxy) is 1. The highest BCUT2D eigenvalue weighted by Crippen LogP contribution is 2.25. The number of aryl methyl sites for hydroxylation is 3. The van der Waals surface area contributed by atoms with Gasteiger partial charge in [-0.1, -0.05) is 54.2 Å². The average molecular weight is 430 g/mol. The highest BCUT2D eigenvalue weighted by Gasteiger charge is 2.11. The third kappa shape index (κ3) is 5.85. The second-order valence-corrected chi connectivity index (χ2v) is 7.59. The van der Waals surface area contributed by atoms with Gasteiger partial charge in [-0.05, 0) is 78.8 Å². The Bertz CT molecular complexity index is 1120. The van der Waals surface area contributed by atoms with Gasteiger partial charge in [-0.2, -0.15) is 0 Å². The normalized spacial score (nSPS) is 11.2. The molecule has 0 radical (unpaired) electrons. The van der Waals surface area contributed by atoms with Crippen LogP contribution in [0.25, 0.3) is 0 Å². The van der Waals surface area contributed by atoms with Crippen LogP contribution in [0.3, 0.4) is 0 Å². The molecule has 2 N–H and O–H groups in total. The zero-order chi connectivity index (χ0) is 22.9. The van der Waals surface area contributed by atoms with Gasteiger partial charge in [0.05, 0.1) is 5.56 Å². The van der Waals surface area contributed by atoms with Crippen LogP contribution in [0, 0.1) is 6.92 Å². The van der Waals surface area contributed by atoms with Crippen LogP contribution in [-0.2, 0) is 19.4 Å². The van der Waals surface area contributed by atoms with Gasteiger partial charge in [-0.25, -0.2) is 4.79 Å². The minimum Gasteiger partial charge on any atom is -0.489 e. The molecule has 32 heavy (non-hydrogen) atoms. The second-order valence-electron chi connectivity index (χ2n) is 7.59. The number of carboxylic acids is 1. The van der Waals surface area contributed by atoms with E-state index in [9.17, 15) is 15.1 Å². The minimum absolute atomic E-state index is 0.332. The van der Waals surface area contributed by atoms with E-state index in [1.807, 2.05) is 67.6 Å². The molecule has 164 valence electrons. The molecule has 0 amide bonds. The van der Waals surface area contributed by atoms with Gasteiger partial charge in [0.15, 0.2) is 0 Å². The largest absolute Gasteiger partial charge is 0.489 e. The van der Waals surface area contributed by atoms with Gasteiger partial charge >= 0.3 is 5.97 Å². The van der Waals surface area contributed by atoms with Crippen molar-refractivity contribution in [3.8, 4) is 5.75 Å².